The molecule has 0 unspecified atom stereocenters. The summed E-state index contributed by atoms with van der Waals surface area (Å²) in [5, 5.41) is 0. The van der Waals surface area contributed by atoms with Crippen LogP contribution in [0.5, 0.6) is 5.75 Å². The molecule has 3 aromatic rings. The van der Waals surface area contributed by atoms with Gasteiger partial charge in [0.2, 0.25) is 5.91 Å². The van der Waals surface area contributed by atoms with Crippen LogP contribution in [0.2, 0.25) is 0 Å². The number of nitrogens with zero attached hydrogens (tertiary/aromatic N) is 3. The zero-order valence-electron chi connectivity index (χ0n) is 20.5. The number of fused-ring (bicyclic) bond motifs is 2. The third kappa shape index (κ3) is 4.61. The molecule has 2 aromatic carbocycles. The third-order valence-electron chi connectivity index (χ3n) is 7.59. The first-order valence-corrected chi connectivity index (χ1v) is 12.9. The SMILES string of the molecule is O=C(CN1CCCC1)N1CCC2=C(Cc3cc(-n4ccc(OCc5ccccc5)cc4=O)ccc32)C1. The number of amides is 1. The Morgan fingerprint density at radius 1 is 0.944 bits per heavy atom. The Labute approximate surface area is 211 Å². The minimum absolute atomic E-state index is 0.116. The van der Waals surface area contributed by atoms with E-state index in [0.717, 1.165) is 50.3 Å². The summed E-state index contributed by atoms with van der Waals surface area (Å²) in [5.41, 5.74) is 7.05. The van der Waals surface area contributed by atoms with Crippen molar-refractivity contribution in [2.45, 2.75) is 32.3 Å². The van der Waals surface area contributed by atoms with Gasteiger partial charge in [-0.2, -0.15) is 0 Å². The Kier molecular flexibility index (Phi) is 6.20. The van der Waals surface area contributed by atoms with E-state index in [1.807, 2.05) is 47.4 Å². The van der Waals surface area contributed by atoms with Gasteiger partial charge in [0.05, 0.1) is 6.54 Å². The van der Waals surface area contributed by atoms with Crippen LogP contribution in [0.25, 0.3) is 11.3 Å². The summed E-state index contributed by atoms with van der Waals surface area (Å²) in [6.07, 6.45) is 5.94. The number of carbonyl (C=O) groups excluding carboxylic acids is 1. The highest BCUT2D eigenvalue weighted by molar-refractivity contribution is 5.83. The Hall–Kier alpha value is -3.64. The van der Waals surface area contributed by atoms with Gasteiger partial charge in [-0.15, -0.1) is 0 Å². The number of rotatable bonds is 6. The quantitative estimate of drug-likeness (QED) is 0.533. The number of benzene rings is 2. The number of likely N-dealkylation sites (tertiary alicyclic amines) is 1. The largest absolute Gasteiger partial charge is 0.489 e. The Balaban J connectivity index is 1.13. The molecule has 3 aliphatic rings. The summed E-state index contributed by atoms with van der Waals surface area (Å²) in [4.78, 5) is 30.1. The molecule has 6 heteroatoms. The second-order valence-electron chi connectivity index (χ2n) is 9.99. The van der Waals surface area contributed by atoms with E-state index in [1.54, 1.807) is 16.8 Å². The Bertz CT molecular complexity index is 1370. The molecule has 0 bridgehead atoms. The molecule has 1 aliphatic carbocycles. The van der Waals surface area contributed by atoms with E-state index < -0.39 is 0 Å². The average molecular weight is 482 g/mol. The second-order valence-corrected chi connectivity index (χ2v) is 9.99. The maximum Gasteiger partial charge on any atom is 0.258 e. The van der Waals surface area contributed by atoms with Gasteiger partial charge in [0.15, 0.2) is 0 Å². The van der Waals surface area contributed by atoms with Crippen LogP contribution in [0.1, 0.15) is 36.0 Å². The maximum absolute atomic E-state index is 12.9. The highest BCUT2D eigenvalue weighted by Crippen LogP contribution is 2.38. The van der Waals surface area contributed by atoms with Crippen LogP contribution in [0.15, 0.2) is 77.2 Å². The van der Waals surface area contributed by atoms with Gasteiger partial charge in [-0.05, 0) is 84.8 Å². The number of aromatic nitrogens is 1. The van der Waals surface area contributed by atoms with Crippen molar-refractivity contribution in [3.8, 4) is 11.4 Å². The first-order valence-electron chi connectivity index (χ1n) is 12.9. The van der Waals surface area contributed by atoms with Crippen LogP contribution in [-0.2, 0) is 17.8 Å². The molecule has 1 aromatic heterocycles. The van der Waals surface area contributed by atoms with Crippen molar-refractivity contribution in [2.24, 2.45) is 0 Å². The van der Waals surface area contributed by atoms with Crippen molar-refractivity contribution in [1.29, 1.82) is 0 Å². The standard InChI is InChI=1S/C30H31N3O3/c34-29-18-26(36-21-22-6-2-1-3-7-22)10-15-33(29)25-8-9-27-23(17-25)16-24-19-32(14-11-28(24)27)30(35)20-31-12-4-5-13-31/h1-3,6-10,15,17-18H,4-5,11-14,16,19-21H2. The van der Waals surface area contributed by atoms with E-state index in [0.29, 0.717) is 18.9 Å². The zero-order chi connectivity index (χ0) is 24.5. The van der Waals surface area contributed by atoms with Crippen LogP contribution in [-0.4, -0.2) is 53.0 Å². The fourth-order valence-electron chi connectivity index (χ4n) is 5.67. The van der Waals surface area contributed by atoms with Crippen molar-refractivity contribution in [3.63, 3.8) is 0 Å². The molecule has 0 saturated carbocycles. The van der Waals surface area contributed by atoms with Gasteiger partial charge in [0.1, 0.15) is 12.4 Å². The fraction of sp³-hybridized carbons (Fsp3) is 0.333. The molecular formula is C30H31N3O3. The predicted octanol–water partition coefficient (Wildman–Crippen LogP) is 4.05. The van der Waals surface area contributed by atoms with E-state index in [9.17, 15) is 9.59 Å². The monoisotopic (exact) mass is 481 g/mol. The fourth-order valence-corrected chi connectivity index (χ4v) is 5.67. The molecule has 6 rings (SSSR count). The van der Waals surface area contributed by atoms with Crippen molar-refractivity contribution >= 4 is 11.5 Å². The number of hydrogen-bond acceptors (Lipinski definition) is 4. The predicted molar refractivity (Wildman–Crippen MR) is 140 cm³/mol. The molecule has 0 N–H and O–H groups in total. The molecule has 6 nitrogen and oxygen atoms in total. The Morgan fingerprint density at radius 2 is 1.78 bits per heavy atom. The number of hydrogen-bond donors (Lipinski definition) is 0. The van der Waals surface area contributed by atoms with Gasteiger partial charge >= 0.3 is 0 Å². The molecular weight excluding hydrogens is 450 g/mol. The minimum atomic E-state index is -0.116. The summed E-state index contributed by atoms with van der Waals surface area (Å²) >= 11 is 0. The van der Waals surface area contributed by atoms with E-state index in [-0.39, 0.29) is 11.5 Å². The van der Waals surface area contributed by atoms with Gasteiger partial charge in [0.25, 0.3) is 5.56 Å². The summed E-state index contributed by atoms with van der Waals surface area (Å²) in [7, 11) is 0. The number of carbonyl (C=O) groups is 1. The van der Waals surface area contributed by atoms with Crippen molar-refractivity contribution in [2.75, 3.05) is 32.7 Å². The van der Waals surface area contributed by atoms with E-state index >= 15 is 0 Å². The van der Waals surface area contributed by atoms with Crippen LogP contribution in [0.3, 0.4) is 0 Å². The van der Waals surface area contributed by atoms with Crippen molar-refractivity contribution in [3.05, 3.63) is 99.5 Å². The molecule has 2 aliphatic heterocycles. The summed E-state index contributed by atoms with van der Waals surface area (Å²) in [6, 6.07) is 19.6. The van der Waals surface area contributed by atoms with Gasteiger partial charge in [-0.1, -0.05) is 36.4 Å². The van der Waals surface area contributed by atoms with Gasteiger partial charge < -0.3 is 9.64 Å². The molecule has 0 radical (unpaired) electrons. The third-order valence-corrected chi connectivity index (χ3v) is 7.59. The topological polar surface area (TPSA) is 54.8 Å². The van der Waals surface area contributed by atoms with E-state index in [4.69, 9.17) is 4.74 Å². The first-order chi connectivity index (χ1) is 17.6. The summed E-state index contributed by atoms with van der Waals surface area (Å²) in [6.45, 7) is 4.57. The van der Waals surface area contributed by atoms with Crippen molar-refractivity contribution in [1.82, 2.24) is 14.4 Å². The second kappa shape index (κ2) is 9.78. The van der Waals surface area contributed by atoms with Gasteiger partial charge in [-0.25, -0.2) is 0 Å². The lowest BCUT2D eigenvalue weighted by Crippen LogP contribution is -2.42. The van der Waals surface area contributed by atoms with E-state index in [2.05, 4.69) is 17.0 Å². The normalized spacial score (nSPS) is 17.3. The van der Waals surface area contributed by atoms with Gasteiger partial charge in [0, 0.05) is 31.0 Å². The van der Waals surface area contributed by atoms with Crippen LogP contribution >= 0.6 is 0 Å². The average Bonchev–Trinajstić information content (AvgIpc) is 3.54. The lowest BCUT2D eigenvalue weighted by Gasteiger charge is -2.30. The molecule has 1 fully saturated rings. The highest BCUT2D eigenvalue weighted by atomic mass is 16.5. The van der Waals surface area contributed by atoms with Gasteiger partial charge in [-0.3, -0.25) is 19.1 Å². The van der Waals surface area contributed by atoms with Crippen molar-refractivity contribution < 1.29 is 9.53 Å². The molecule has 0 spiro atoms. The van der Waals surface area contributed by atoms with E-state index in [1.165, 1.54) is 35.1 Å². The smallest absolute Gasteiger partial charge is 0.258 e. The lowest BCUT2D eigenvalue weighted by molar-refractivity contribution is -0.131. The first kappa shape index (κ1) is 22.8. The molecule has 0 atom stereocenters. The zero-order valence-corrected chi connectivity index (χ0v) is 20.5. The molecule has 1 saturated heterocycles. The molecule has 36 heavy (non-hydrogen) atoms. The number of pyridine rings is 1. The van der Waals surface area contributed by atoms with Crippen LogP contribution in [0, 0.1) is 0 Å². The lowest BCUT2D eigenvalue weighted by atomic mass is 9.99. The Morgan fingerprint density at radius 3 is 2.58 bits per heavy atom. The molecule has 184 valence electrons. The summed E-state index contributed by atoms with van der Waals surface area (Å²) in [5.74, 6) is 0.818. The number of ether oxygens (including phenoxy) is 1. The van der Waals surface area contributed by atoms with Crippen LogP contribution < -0.4 is 10.3 Å². The maximum atomic E-state index is 12.9. The minimum Gasteiger partial charge on any atom is -0.489 e. The molecule has 1 amide bonds. The van der Waals surface area contributed by atoms with Crippen LogP contribution in [0.4, 0.5) is 0 Å². The summed E-state index contributed by atoms with van der Waals surface area (Å²) < 4.78 is 7.48. The molecule has 3 heterocycles. The highest BCUT2D eigenvalue weighted by Gasteiger charge is 2.30.